The van der Waals surface area contributed by atoms with Crippen LogP contribution in [0.4, 0.5) is 16.0 Å². The zero-order chi connectivity index (χ0) is 20.6. The van der Waals surface area contributed by atoms with Gasteiger partial charge in [0.05, 0.1) is 0 Å². The van der Waals surface area contributed by atoms with Crippen molar-refractivity contribution < 1.29 is 13.9 Å². The number of hydrogen-bond donors (Lipinski definition) is 2. The minimum atomic E-state index is -0.329. The van der Waals surface area contributed by atoms with Crippen LogP contribution < -0.4 is 15.4 Å². The number of carbonyl (C=O) groups is 1. The smallest absolute Gasteiger partial charge is 0.226 e. The molecule has 1 heterocycles. The average molecular weight is 394 g/mol. The summed E-state index contributed by atoms with van der Waals surface area (Å²) in [6.07, 6.45) is 2.06. The number of anilines is 2. The van der Waals surface area contributed by atoms with Gasteiger partial charge in [-0.3, -0.25) is 4.79 Å². The summed E-state index contributed by atoms with van der Waals surface area (Å²) >= 11 is 0. The van der Waals surface area contributed by atoms with Gasteiger partial charge in [-0.05, 0) is 47.9 Å². The first-order valence-corrected chi connectivity index (χ1v) is 9.37. The van der Waals surface area contributed by atoms with E-state index in [1.807, 2.05) is 38.1 Å². The highest BCUT2D eigenvalue weighted by molar-refractivity contribution is 5.90. The fraction of sp³-hybridized carbons (Fsp3) is 0.227. The molecule has 1 aromatic heterocycles. The maximum absolute atomic E-state index is 13.0. The van der Waals surface area contributed by atoms with E-state index < -0.39 is 0 Å². The van der Waals surface area contributed by atoms with E-state index in [0.717, 1.165) is 11.3 Å². The van der Waals surface area contributed by atoms with Gasteiger partial charge in [0, 0.05) is 30.9 Å². The Balaban J connectivity index is 1.59. The second-order valence-electron chi connectivity index (χ2n) is 6.97. The van der Waals surface area contributed by atoms with Gasteiger partial charge in [-0.15, -0.1) is 0 Å². The summed E-state index contributed by atoms with van der Waals surface area (Å²) in [4.78, 5) is 20.4. The predicted molar refractivity (Wildman–Crippen MR) is 110 cm³/mol. The minimum Gasteiger partial charge on any atom is -0.439 e. The predicted octanol–water partition coefficient (Wildman–Crippen LogP) is 5.00. The lowest BCUT2D eigenvalue weighted by Gasteiger charge is -2.10. The third-order valence-electron chi connectivity index (χ3n) is 3.92. The van der Waals surface area contributed by atoms with Crippen molar-refractivity contribution in [3.05, 3.63) is 72.2 Å². The first-order chi connectivity index (χ1) is 14.0. The molecule has 6 nitrogen and oxygen atoms in total. The van der Waals surface area contributed by atoms with Crippen LogP contribution in [0.25, 0.3) is 0 Å². The Morgan fingerprint density at radius 3 is 2.69 bits per heavy atom. The van der Waals surface area contributed by atoms with E-state index in [-0.39, 0.29) is 11.7 Å². The molecule has 0 bridgehead atoms. The Morgan fingerprint density at radius 1 is 1.14 bits per heavy atom. The van der Waals surface area contributed by atoms with Crippen molar-refractivity contribution in [3.63, 3.8) is 0 Å². The maximum atomic E-state index is 13.0. The van der Waals surface area contributed by atoms with E-state index in [9.17, 15) is 9.18 Å². The third kappa shape index (κ3) is 6.57. The average Bonchev–Trinajstić information content (AvgIpc) is 2.68. The van der Waals surface area contributed by atoms with Crippen molar-refractivity contribution in [2.45, 2.75) is 26.8 Å². The molecule has 0 aliphatic heterocycles. The molecule has 0 spiro atoms. The lowest BCUT2D eigenvalue weighted by molar-refractivity contribution is -0.116. The topological polar surface area (TPSA) is 76.1 Å². The van der Waals surface area contributed by atoms with E-state index >= 15 is 0 Å². The molecular weight excluding hydrogens is 371 g/mol. The van der Waals surface area contributed by atoms with Gasteiger partial charge in [0.2, 0.25) is 17.7 Å². The maximum Gasteiger partial charge on any atom is 0.226 e. The monoisotopic (exact) mass is 394 g/mol. The number of aromatic nitrogens is 2. The van der Waals surface area contributed by atoms with Gasteiger partial charge in [-0.2, -0.15) is 4.98 Å². The summed E-state index contributed by atoms with van der Waals surface area (Å²) in [7, 11) is 0. The molecule has 7 heteroatoms. The minimum absolute atomic E-state index is 0.000847. The fourth-order valence-electron chi connectivity index (χ4n) is 2.63. The highest BCUT2D eigenvalue weighted by Crippen LogP contribution is 2.20. The van der Waals surface area contributed by atoms with E-state index in [0.29, 0.717) is 36.5 Å². The van der Waals surface area contributed by atoms with E-state index in [1.165, 1.54) is 24.3 Å². The number of nitrogens with one attached hydrogen (secondary N) is 2. The summed E-state index contributed by atoms with van der Waals surface area (Å²) in [5.41, 5.74) is 1.73. The number of amides is 1. The summed E-state index contributed by atoms with van der Waals surface area (Å²) in [5.74, 6) is 1.22. The van der Waals surface area contributed by atoms with Crippen LogP contribution in [0.3, 0.4) is 0 Å². The molecule has 150 valence electrons. The fourth-order valence-corrected chi connectivity index (χ4v) is 2.63. The standard InChI is InChI=1S/C22H23FN4O2/c1-15(2)12-20(28)26-18-5-3-4-16(13-18)14-25-22-24-11-10-21(27-22)29-19-8-6-17(23)7-9-19/h3-11,13,15H,12,14H2,1-2H3,(H,26,28)(H,24,25,27). The molecule has 0 unspecified atom stereocenters. The van der Waals surface area contributed by atoms with E-state index in [4.69, 9.17) is 4.74 Å². The number of rotatable bonds is 8. The molecule has 2 N–H and O–H groups in total. The van der Waals surface area contributed by atoms with Gasteiger partial charge in [-0.25, -0.2) is 9.37 Å². The molecule has 0 saturated heterocycles. The van der Waals surface area contributed by atoms with Crippen LogP contribution in [0.15, 0.2) is 60.8 Å². The molecular formula is C22H23FN4O2. The van der Waals surface area contributed by atoms with Gasteiger partial charge in [0.1, 0.15) is 11.6 Å². The molecule has 3 aromatic rings. The van der Waals surface area contributed by atoms with Crippen LogP contribution >= 0.6 is 0 Å². The quantitative estimate of drug-likeness (QED) is 0.562. The Labute approximate surface area is 169 Å². The Kier molecular flexibility index (Phi) is 6.73. The van der Waals surface area contributed by atoms with Crippen molar-refractivity contribution in [1.29, 1.82) is 0 Å². The molecule has 0 radical (unpaired) electrons. The highest BCUT2D eigenvalue weighted by Gasteiger charge is 2.06. The molecule has 0 aliphatic rings. The Morgan fingerprint density at radius 2 is 1.93 bits per heavy atom. The van der Waals surface area contributed by atoms with Gasteiger partial charge in [0.15, 0.2) is 0 Å². The van der Waals surface area contributed by atoms with Gasteiger partial charge < -0.3 is 15.4 Å². The van der Waals surface area contributed by atoms with Crippen molar-refractivity contribution in [3.8, 4) is 11.6 Å². The van der Waals surface area contributed by atoms with Crippen LogP contribution in [0.2, 0.25) is 0 Å². The molecule has 0 atom stereocenters. The second-order valence-corrected chi connectivity index (χ2v) is 6.97. The van der Waals surface area contributed by atoms with Crippen LogP contribution in [-0.2, 0) is 11.3 Å². The molecule has 3 rings (SSSR count). The lowest BCUT2D eigenvalue weighted by atomic mass is 10.1. The summed E-state index contributed by atoms with van der Waals surface area (Å²) < 4.78 is 18.6. The zero-order valence-corrected chi connectivity index (χ0v) is 16.4. The van der Waals surface area contributed by atoms with E-state index in [1.54, 1.807) is 12.3 Å². The van der Waals surface area contributed by atoms with Crippen molar-refractivity contribution >= 4 is 17.5 Å². The molecule has 0 fully saturated rings. The molecule has 0 aliphatic carbocycles. The lowest BCUT2D eigenvalue weighted by Crippen LogP contribution is -2.14. The van der Waals surface area contributed by atoms with Crippen LogP contribution in [0, 0.1) is 11.7 Å². The number of benzene rings is 2. The van der Waals surface area contributed by atoms with Gasteiger partial charge in [0.25, 0.3) is 0 Å². The Hall–Kier alpha value is -3.48. The van der Waals surface area contributed by atoms with Crippen molar-refractivity contribution in [2.24, 2.45) is 5.92 Å². The molecule has 0 saturated carbocycles. The highest BCUT2D eigenvalue weighted by atomic mass is 19.1. The van der Waals surface area contributed by atoms with Crippen molar-refractivity contribution in [2.75, 3.05) is 10.6 Å². The van der Waals surface area contributed by atoms with Crippen LogP contribution in [0.1, 0.15) is 25.8 Å². The number of halogens is 1. The van der Waals surface area contributed by atoms with Crippen molar-refractivity contribution in [1.82, 2.24) is 9.97 Å². The molecule has 1 amide bonds. The van der Waals surface area contributed by atoms with Crippen LogP contribution in [-0.4, -0.2) is 15.9 Å². The van der Waals surface area contributed by atoms with Crippen LogP contribution in [0.5, 0.6) is 11.6 Å². The first kappa shape index (κ1) is 20.3. The largest absolute Gasteiger partial charge is 0.439 e. The normalized spacial score (nSPS) is 10.6. The number of carbonyl (C=O) groups excluding carboxylic acids is 1. The SMILES string of the molecule is CC(C)CC(=O)Nc1cccc(CNc2nccc(Oc3ccc(F)cc3)n2)c1. The number of nitrogens with zero attached hydrogens (tertiary/aromatic N) is 2. The van der Waals surface area contributed by atoms with Gasteiger partial charge in [-0.1, -0.05) is 26.0 Å². The summed E-state index contributed by atoms with van der Waals surface area (Å²) in [6.45, 7) is 4.50. The first-order valence-electron chi connectivity index (χ1n) is 9.37. The number of hydrogen-bond acceptors (Lipinski definition) is 5. The zero-order valence-electron chi connectivity index (χ0n) is 16.4. The van der Waals surface area contributed by atoms with Gasteiger partial charge >= 0.3 is 0 Å². The Bertz CT molecular complexity index is 961. The second kappa shape index (κ2) is 9.64. The molecule has 2 aromatic carbocycles. The third-order valence-corrected chi connectivity index (χ3v) is 3.92. The number of ether oxygens (including phenoxy) is 1. The summed E-state index contributed by atoms with van der Waals surface area (Å²) in [5, 5.41) is 6.04. The summed E-state index contributed by atoms with van der Waals surface area (Å²) in [6, 6.07) is 14.9. The molecule has 29 heavy (non-hydrogen) atoms. The van der Waals surface area contributed by atoms with E-state index in [2.05, 4.69) is 20.6 Å².